The van der Waals surface area contributed by atoms with Crippen LogP contribution in [0.1, 0.15) is 28.8 Å². The molecule has 0 aromatic heterocycles. The van der Waals surface area contributed by atoms with Crippen molar-refractivity contribution in [2.45, 2.75) is 25.1 Å². The first-order chi connectivity index (χ1) is 10.8. The molecule has 2 rings (SSSR count). The molecule has 23 heavy (non-hydrogen) atoms. The fraction of sp³-hybridized carbons (Fsp3) is 0.467. The monoisotopic (exact) mass is 331 g/mol. The minimum atomic E-state index is -4.66. The van der Waals surface area contributed by atoms with Gasteiger partial charge in [-0.05, 0) is 18.2 Å². The predicted octanol–water partition coefficient (Wildman–Crippen LogP) is 2.49. The zero-order valence-corrected chi connectivity index (χ0v) is 12.4. The zero-order chi connectivity index (χ0) is 17.0. The van der Waals surface area contributed by atoms with Crippen molar-refractivity contribution in [1.29, 1.82) is 0 Å². The summed E-state index contributed by atoms with van der Waals surface area (Å²) in [6.07, 6.45) is -2.96. The number of piperidine rings is 1. The molecule has 1 aliphatic rings. The summed E-state index contributed by atoms with van der Waals surface area (Å²) in [4.78, 5) is 23.8. The number of likely N-dealkylation sites (tertiary alicyclic amines) is 1. The molecule has 1 aliphatic heterocycles. The number of amides is 1. The second kappa shape index (κ2) is 6.89. The number of ether oxygens (including phenoxy) is 2. The molecule has 1 heterocycles. The molecule has 0 aliphatic carbocycles. The van der Waals surface area contributed by atoms with Crippen LogP contribution in [0.3, 0.4) is 0 Å². The van der Waals surface area contributed by atoms with Crippen LogP contribution in [0.25, 0.3) is 0 Å². The second-order valence-corrected chi connectivity index (χ2v) is 5.16. The molecule has 0 saturated carbocycles. The van der Waals surface area contributed by atoms with Gasteiger partial charge in [0.2, 0.25) is 6.41 Å². The van der Waals surface area contributed by atoms with Crippen molar-refractivity contribution in [3.63, 3.8) is 0 Å². The summed E-state index contributed by atoms with van der Waals surface area (Å²) in [7, 11) is 1.02. The van der Waals surface area contributed by atoms with E-state index in [1.54, 1.807) is 4.90 Å². The first-order valence-electron chi connectivity index (χ1n) is 7.00. The van der Waals surface area contributed by atoms with Crippen LogP contribution in [0.2, 0.25) is 0 Å². The van der Waals surface area contributed by atoms with Gasteiger partial charge in [-0.3, -0.25) is 4.79 Å². The highest BCUT2D eigenvalue weighted by atomic mass is 19.4. The molecular weight excluding hydrogens is 315 g/mol. The topological polar surface area (TPSA) is 55.8 Å². The van der Waals surface area contributed by atoms with E-state index in [-0.39, 0.29) is 11.9 Å². The molecule has 0 spiro atoms. The Bertz CT molecular complexity index is 581. The third-order valence-corrected chi connectivity index (χ3v) is 3.63. The van der Waals surface area contributed by atoms with Gasteiger partial charge in [0, 0.05) is 25.9 Å². The summed E-state index contributed by atoms with van der Waals surface area (Å²) in [6, 6.07) is 3.03. The molecule has 1 aromatic carbocycles. The van der Waals surface area contributed by atoms with Crippen LogP contribution in [0, 0.1) is 0 Å². The molecule has 1 fully saturated rings. The average molecular weight is 331 g/mol. The number of benzene rings is 1. The number of hydrogen-bond donors (Lipinski definition) is 0. The van der Waals surface area contributed by atoms with Gasteiger partial charge in [-0.2, -0.15) is 13.2 Å². The summed E-state index contributed by atoms with van der Waals surface area (Å²) in [6.45, 7) is 1.05. The van der Waals surface area contributed by atoms with Gasteiger partial charge in [0.15, 0.2) is 0 Å². The first-order valence-corrected chi connectivity index (χ1v) is 7.00. The van der Waals surface area contributed by atoms with Gasteiger partial charge >= 0.3 is 12.1 Å². The number of rotatable bonds is 4. The van der Waals surface area contributed by atoms with Crippen LogP contribution in [0.15, 0.2) is 18.2 Å². The summed E-state index contributed by atoms with van der Waals surface area (Å²) >= 11 is 0. The molecule has 1 amide bonds. The molecule has 0 radical (unpaired) electrons. The number of methoxy groups -OCH3 is 1. The lowest BCUT2D eigenvalue weighted by Gasteiger charge is -2.29. The standard InChI is InChI=1S/C15H16F3NO4/c1-22-14(21)12-8-11(2-3-13(12)15(16,17)18)23-10-4-6-19(9-20)7-5-10/h2-3,8-10H,4-7H2,1H3. The zero-order valence-electron chi connectivity index (χ0n) is 12.4. The Morgan fingerprint density at radius 3 is 2.48 bits per heavy atom. The number of hydrogen-bond acceptors (Lipinski definition) is 4. The number of esters is 1. The minimum absolute atomic E-state index is 0.169. The Labute approximate surface area is 131 Å². The van der Waals surface area contributed by atoms with E-state index >= 15 is 0 Å². The van der Waals surface area contributed by atoms with E-state index in [9.17, 15) is 22.8 Å². The minimum Gasteiger partial charge on any atom is -0.490 e. The summed E-state index contributed by atoms with van der Waals surface area (Å²) < 4.78 is 48.8. The first kappa shape index (κ1) is 17.1. The summed E-state index contributed by atoms with van der Waals surface area (Å²) in [5.74, 6) is -0.901. The van der Waals surface area contributed by atoms with Crippen molar-refractivity contribution >= 4 is 12.4 Å². The largest absolute Gasteiger partial charge is 0.490 e. The van der Waals surface area contributed by atoms with Gasteiger partial charge in [-0.15, -0.1) is 0 Å². The molecule has 126 valence electrons. The van der Waals surface area contributed by atoms with Gasteiger partial charge in [-0.1, -0.05) is 0 Å². The Morgan fingerprint density at radius 1 is 1.30 bits per heavy atom. The lowest BCUT2D eigenvalue weighted by molar-refractivity contribution is -0.138. The number of carbonyl (C=O) groups excluding carboxylic acids is 2. The van der Waals surface area contributed by atoms with Crippen LogP contribution in [0.5, 0.6) is 5.75 Å². The van der Waals surface area contributed by atoms with Crippen LogP contribution in [-0.2, 0) is 15.7 Å². The molecule has 0 N–H and O–H groups in total. The SMILES string of the molecule is COC(=O)c1cc(OC2CCN(C=O)CC2)ccc1C(F)(F)F. The van der Waals surface area contributed by atoms with Crippen LogP contribution >= 0.6 is 0 Å². The number of carbonyl (C=O) groups is 2. The lowest BCUT2D eigenvalue weighted by Crippen LogP contribution is -2.37. The quantitative estimate of drug-likeness (QED) is 0.628. The molecule has 1 saturated heterocycles. The fourth-order valence-corrected chi connectivity index (χ4v) is 2.41. The van der Waals surface area contributed by atoms with E-state index in [0.717, 1.165) is 25.7 Å². The van der Waals surface area contributed by atoms with Gasteiger partial charge in [-0.25, -0.2) is 4.79 Å². The van der Waals surface area contributed by atoms with E-state index < -0.39 is 23.3 Å². The molecule has 5 nitrogen and oxygen atoms in total. The van der Waals surface area contributed by atoms with Gasteiger partial charge in [0.25, 0.3) is 0 Å². The van der Waals surface area contributed by atoms with Crippen molar-refractivity contribution in [2.24, 2.45) is 0 Å². The molecule has 1 aromatic rings. The van der Waals surface area contributed by atoms with Crippen molar-refractivity contribution in [2.75, 3.05) is 20.2 Å². The second-order valence-electron chi connectivity index (χ2n) is 5.16. The number of alkyl halides is 3. The molecule has 0 bridgehead atoms. The molecular formula is C15H16F3NO4. The van der Waals surface area contributed by atoms with E-state index in [1.807, 2.05) is 0 Å². The Kier molecular flexibility index (Phi) is 5.12. The van der Waals surface area contributed by atoms with Gasteiger partial charge in [0.1, 0.15) is 11.9 Å². The Balaban J connectivity index is 2.17. The van der Waals surface area contributed by atoms with E-state index in [2.05, 4.69) is 4.74 Å². The maximum atomic E-state index is 12.9. The lowest BCUT2D eigenvalue weighted by atomic mass is 10.1. The predicted molar refractivity (Wildman–Crippen MR) is 74.1 cm³/mol. The van der Waals surface area contributed by atoms with Crippen molar-refractivity contribution in [3.05, 3.63) is 29.3 Å². The van der Waals surface area contributed by atoms with Gasteiger partial charge in [0.05, 0.1) is 18.2 Å². The smallest absolute Gasteiger partial charge is 0.417 e. The normalized spacial score (nSPS) is 16.1. The molecule has 8 heteroatoms. The van der Waals surface area contributed by atoms with Crippen molar-refractivity contribution < 1.29 is 32.2 Å². The summed E-state index contributed by atoms with van der Waals surface area (Å²) in [5.41, 5.74) is -1.64. The highest BCUT2D eigenvalue weighted by Gasteiger charge is 2.36. The van der Waals surface area contributed by atoms with Crippen LogP contribution in [0.4, 0.5) is 13.2 Å². The molecule has 0 atom stereocenters. The van der Waals surface area contributed by atoms with Crippen molar-refractivity contribution in [3.8, 4) is 5.75 Å². The summed E-state index contributed by atoms with van der Waals surface area (Å²) in [5, 5.41) is 0. The number of halogens is 3. The molecule has 0 unspecified atom stereocenters. The Hall–Kier alpha value is -2.25. The van der Waals surface area contributed by atoms with E-state index in [0.29, 0.717) is 25.9 Å². The van der Waals surface area contributed by atoms with Crippen LogP contribution < -0.4 is 4.74 Å². The van der Waals surface area contributed by atoms with E-state index in [4.69, 9.17) is 4.74 Å². The third-order valence-electron chi connectivity index (χ3n) is 3.63. The van der Waals surface area contributed by atoms with Gasteiger partial charge < -0.3 is 14.4 Å². The highest BCUT2D eigenvalue weighted by Crippen LogP contribution is 2.34. The average Bonchev–Trinajstić information content (AvgIpc) is 2.53. The fourth-order valence-electron chi connectivity index (χ4n) is 2.41. The maximum Gasteiger partial charge on any atom is 0.417 e. The van der Waals surface area contributed by atoms with Crippen molar-refractivity contribution in [1.82, 2.24) is 4.90 Å². The van der Waals surface area contributed by atoms with E-state index in [1.165, 1.54) is 6.07 Å². The number of nitrogens with zero attached hydrogens (tertiary/aromatic N) is 1. The maximum absolute atomic E-state index is 12.9. The highest BCUT2D eigenvalue weighted by molar-refractivity contribution is 5.91. The Morgan fingerprint density at radius 2 is 1.96 bits per heavy atom. The third kappa shape index (κ3) is 4.14. The van der Waals surface area contributed by atoms with Crippen LogP contribution in [-0.4, -0.2) is 43.6 Å².